The van der Waals surface area contributed by atoms with Crippen molar-refractivity contribution in [2.24, 2.45) is 0 Å². The van der Waals surface area contributed by atoms with E-state index in [4.69, 9.17) is 14.6 Å². The van der Waals surface area contributed by atoms with Gasteiger partial charge in [0, 0.05) is 6.54 Å². The monoisotopic (exact) mass is 311 g/mol. The lowest BCUT2D eigenvalue weighted by Crippen LogP contribution is -2.52. The van der Waals surface area contributed by atoms with Gasteiger partial charge in [0.25, 0.3) is 5.91 Å². The zero-order valence-corrected chi connectivity index (χ0v) is 12.4. The molecule has 1 aliphatic heterocycles. The summed E-state index contributed by atoms with van der Waals surface area (Å²) >= 11 is 0. The van der Waals surface area contributed by atoms with Crippen molar-refractivity contribution in [1.29, 1.82) is 0 Å². The standard InChI is InChI=1S/C15H18FNO5/c1-9-3-4-11(16)12(5-9)21-8-14(18)17-6-10(2)22-13(7-17)15(19)20/h3-5,10,13H,6-8H2,1-2H3,(H,19,20)/t10-,13?/m1/s1. The first-order valence-electron chi connectivity index (χ1n) is 6.92. The molecule has 1 unspecified atom stereocenters. The molecule has 1 aromatic rings. The zero-order chi connectivity index (χ0) is 16.3. The highest BCUT2D eigenvalue weighted by Gasteiger charge is 2.32. The molecule has 1 N–H and O–H groups in total. The number of rotatable bonds is 4. The molecule has 0 spiro atoms. The summed E-state index contributed by atoms with van der Waals surface area (Å²) in [4.78, 5) is 24.5. The molecule has 2 rings (SSSR count). The van der Waals surface area contributed by atoms with Gasteiger partial charge < -0.3 is 19.5 Å². The summed E-state index contributed by atoms with van der Waals surface area (Å²) < 4.78 is 24.0. The number of halogens is 1. The number of carboxylic acids is 1. The number of carbonyl (C=O) groups is 2. The van der Waals surface area contributed by atoms with Gasteiger partial charge in [-0.2, -0.15) is 0 Å². The fourth-order valence-electron chi connectivity index (χ4n) is 2.24. The molecule has 6 nitrogen and oxygen atoms in total. The Kier molecular flexibility index (Phi) is 4.97. The van der Waals surface area contributed by atoms with E-state index in [1.54, 1.807) is 19.9 Å². The molecule has 0 bridgehead atoms. The van der Waals surface area contributed by atoms with E-state index < -0.39 is 23.8 Å². The van der Waals surface area contributed by atoms with Crippen LogP contribution in [0, 0.1) is 12.7 Å². The van der Waals surface area contributed by atoms with Crippen LogP contribution >= 0.6 is 0 Å². The van der Waals surface area contributed by atoms with Crippen LogP contribution in [0.4, 0.5) is 4.39 Å². The molecule has 120 valence electrons. The van der Waals surface area contributed by atoms with E-state index in [9.17, 15) is 14.0 Å². The number of hydrogen-bond acceptors (Lipinski definition) is 4. The lowest BCUT2D eigenvalue weighted by Gasteiger charge is -2.34. The van der Waals surface area contributed by atoms with E-state index in [2.05, 4.69) is 0 Å². The number of morpholine rings is 1. The lowest BCUT2D eigenvalue weighted by atomic mass is 10.2. The van der Waals surface area contributed by atoms with Gasteiger partial charge in [-0.3, -0.25) is 4.79 Å². The van der Waals surface area contributed by atoms with Crippen LogP contribution < -0.4 is 4.74 Å². The molecule has 22 heavy (non-hydrogen) atoms. The molecule has 1 saturated heterocycles. The first kappa shape index (κ1) is 16.2. The maximum atomic E-state index is 13.5. The summed E-state index contributed by atoms with van der Waals surface area (Å²) in [6, 6.07) is 4.38. The highest BCUT2D eigenvalue weighted by atomic mass is 19.1. The molecule has 0 saturated carbocycles. The molecule has 0 radical (unpaired) electrons. The lowest BCUT2D eigenvalue weighted by molar-refractivity contribution is -0.167. The van der Waals surface area contributed by atoms with Gasteiger partial charge in [0.15, 0.2) is 24.3 Å². The molecule has 0 aromatic heterocycles. The van der Waals surface area contributed by atoms with Gasteiger partial charge >= 0.3 is 5.97 Å². The van der Waals surface area contributed by atoms with Crippen LogP contribution in [-0.4, -0.2) is 53.8 Å². The Morgan fingerprint density at radius 3 is 2.86 bits per heavy atom. The van der Waals surface area contributed by atoms with Gasteiger partial charge in [-0.15, -0.1) is 0 Å². The van der Waals surface area contributed by atoms with E-state index in [1.165, 1.54) is 17.0 Å². The normalized spacial score (nSPS) is 21.5. The Hall–Kier alpha value is -2.15. The molecule has 7 heteroatoms. The number of carbonyl (C=O) groups excluding carboxylic acids is 1. The van der Waals surface area contributed by atoms with Crippen LogP contribution in [0.25, 0.3) is 0 Å². The van der Waals surface area contributed by atoms with E-state index in [-0.39, 0.29) is 31.5 Å². The van der Waals surface area contributed by atoms with E-state index in [0.29, 0.717) is 0 Å². The predicted molar refractivity (Wildman–Crippen MR) is 75.2 cm³/mol. The first-order valence-corrected chi connectivity index (χ1v) is 6.92. The minimum absolute atomic E-state index is 0.00411. The largest absolute Gasteiger partial charge is 0.481 e. The molecule has 1 aliphatic rings. The molecule has 2 atom stereocenters. The van der Waals surface area contributed by atoms with Crippen LogP contribution in [0.2, 0.25) is 0 Å². The van der Waals surface area contributed by atoms with Gasteiger partial charge in [0.05, 0.1) is 12.6 Å². The van der Waals surface area contributed by atoms with Crippen molar-refractivity contribution in [2.75, 3.05) is 19.7 Å². The van der Waals surface area contributed by atoms with Crippen molar-refractivity contribution in [2.45, 2.75) is 26.1 Å². The maximum Gasteiger partial charge on any atom is 0.334 e. The molecule has 0 aliphatic carbocycles. The van der Waals surface area contributed by atoms with Gasteiger partial charge in [0.1, 0.15) is 0 Å². The summed E-state index contributed by atoms with van der Waals surface area (Å²) in [5, 5.41) is 8.99. The smallest absolute Gasteiger partial charge is 0.334 e. The average molecular weight is 311 g/mol. The highest BCUT2D eigenvalue weighted by Crippen LogP contribution is 2.19. The Bertz CT molecular complexity index is 577. The van der Waals surface area contributed by atoms with Crippen molar-refractivity contribution in [3.8, 4) is 5.75 Å². The van der Waals surface area contributed by atoms with Gasteiger partial charge in [0.2, 0.25) is 0 Å². The van der Waals surface area contributed by atoms with E-state index in [0.717, 1.165) is 5.56 Å². The molecule has 1 fully saturated rings. The number of benzene rings is 1. The van der Waals surface area contributed by atoms with Crippen LogP contribution in [0.15, 0.2) is 18.2 Å². The number of carboxylic acid groups (broad SMARTS) is 1. The average Bonchev–Trinajstić information content (AvgIpc) is 2.47. The van der Waals surface area contributed by atoms with Crippen molar-refractivity contribution in [3.05, 3.63) is 29.6 Å². The zero-order valence-electron chi connectivity index (χ0n) is 12.4. The number of nitrogens with zero attached hydrogens (tertiary/aromatic N) is 1. The first-order chi connectivity index (χ1) is 10.4. The molecule has 1 heterocycles. The Morgan fingerprint density at radius 2 is 2.18 bits per heavy atom. The fraction of sp³-hybridized carbons (Fsp3) is 0.467. The third kappa shape index (κ3) is 3.94. The van der Waals surface area contributed by atoms with Crippen LogP contribution in [0.1, 0.15) is 12.5 Å². The summed E-state index contributed by atoms with van der Waals surface area (Å²) in [6.07, 6.45) is -1.43. The Labute approximate surface area is 127 Å². The molecular weight excluding hydrogens is 293 g/mol. The summed E-state index contributed by atoms with van der Waals surface area (Å²) in [5.74, 6) is -2.06. The summed E-state index contributed by atoms with van der Waals surface area (Å²) in [6.45, 7) is 3.37. The number of aliphatic carboxylic acids is 1. The summed E-state index contributed by atoms with van der Waals surface area (Å²) in [5.41, 5.74) is 0.815. The van der Waals surface area contributed by atoms with Crippen molar-refractivity contribution in [3.63, 3.8) is 0 Å². The number of ether oxygens (including phenoxy) is 2. The molecule has 1 aromatic carbocycles. The number of amides is 1. The Morgan fingerprint density at radius 1 is 1.45 bits per heavy atom. The third-order valence-corrected chi connectivity index (χ3v) is 3.33. The quantitative estimate of drug-likeness (QED) is 0.904. The SMILES string of the molecule is Cc1ccc(F)c(OCC(=O)N2CC(C(=O)O)O[C@H](C)C2)c1. The molecular formula is C15H18FNO5. The minimum atomic E-state index is -1.12. The second kappa shape index (κ2) is 6.74. The summed E-state index contributed by atoms with van der Waals surface area (Å²) in [7, 11) is 0. The minimum Gasteiger partial charge on any atom is -0.481 e. The third-order valence-electron chi connectivity index (χ3n) is 3.33. The molecule has 1 amide bonds. The van der Waals surface area contributed by atoms with Crippen molar-refractivity contribution in [1.82, 2.24) is 4.90 Å². The van der Waals surface area contributed by atoms with Crippen LogP contribution in [0.5, 0.6) is 5.75 Å². The van der Waals surface area contributed by atoms with Crippen LogP contribution in [-0.2, 0) is 14.3 Å². The Balaban J connectivity index is 1.96. The maximum absolute atomic E-state index is 13.5. The van der Waals surface area contributed by atoms with Gasteiger partial charge in [-0.25, -0.2) is 9.18 Å². The van der Waals surface area contributed by atoms with Crippen molar-refractivity contribution >= 4 is 11.9 Å². The van der Waals surface area contributed by atoms with Crippen molar-refractivity contribution < 1.29 is 28.6 Å². The van der Waals surface area contributed by atoms with Gasteiger partial charge in [-0.05, 0) is 31.5 Å². The highest BCUT2D eigenvalue weighted by molar-refractivity contribution is 5.80. The van der Waals surface area contributed by atoms with Gasteiger partial charge in [-0.1, -0.05) is 6.07 Å². The second-order valence-corrected chi connectivity index (χ2v) is 5.29. The number of aryl methyl sites for hydroxylation is 1. The predicted octanol–water partition coefficient (Wildman–Crippen LogP) is 1.21. The van der Waals surface area contributed by atoms with E-state index in [1.807, 2.05) is 0 Å². The van der Waals surface area contributed by atoms with E-state index >= 15 is 0 Å². The number of hydrogen-bond donors (Lipinski definition) is 1. The van der Waals surface area contributed by atoms with Crippen LogP contribution in [0.3, 0.4) is 0 Å². The second-order valence-electron chi connectivity index (χ2n) is 5.29. The fourth-order valence-corrected chi connectivity index (χ4v) is 2.24. The topological polar surface area (TPSA) is 76.1 Å².